The van der Waals surface area contributed by atoms with Crippen molar-refractivity contribution in [2.45, 2.75) is 59.1 Å². The number of hydrogen-bond acceptors (Lipinski definition) is 4. The van der Waals surface area contributed by atoms with Gasteiger partial charge in [-0.25, -0.2) is 4.99 Å². The highest BCUT2D eigenvalue weighted by atomic mass is 16.5. The molecule has 2 fully saturated rings. The molecule has 0 spiro atoms. The Morgan fingerprint density at radius 3 is 2.93 bits per heavy atom. The molecule has 2 unspecified atom stereocenters. The van der Waals surface area contributed by atoms with Crippen molar-refractivity contribution in [3.63, 3.8) is 0 Å². The normalized spacial score (nSPS) is 22.4. The fourth-order valence-corrected chi connectivity index (χ4v) is 4.23. The lowest BCUT2D eigenvalue weighted by atomic mass is 10.1. The number of benzene rings is 1. The first-order valence-electron chi connectivity index (χ1n) is 11.8. The van der Waals surface area contributed by atoms with Crippen LogP contribution in [0.15, 0.2) is 23.2 Å². The molecule has 0 aliphatic carbocycles. The molecule has 168 valence electrons. The van der Waals surface area contributed by atoms with Crippen molar-refractivity contribution in [1.29, 1.82) is 0 Å². The number of likely N-dealkylation sites (tertiary alicyclic amines) is 1. The van der Waals surface area contributed by atoms with E-state index in [0.717, 1.165) is 49.8 Å². The molecule has 2 aliphatic rings. The number of ether oxygens (including phenoxy) is 2. The van der Waals surface area contributed by atoms with Gasteiger partial charge in [0.1, 0.15) is 12.4 Å². The Labute approximate surface area is 182 Å². The van der Waals surface area contributed by atoms with E-state index in [1.165, 1.54) is 38.0 Å². The van der Waals surface area contributed by atoms with Gasteiger partial charge in [0.15, 0.2) is 5.96 Å². The minimum absolute atomic E-state index is 0.222. The molecule has 2 atom stereocenters. The maximum Gasteiger partial charge on any atom is 0.191 e. The molecule has 2 saturated heterocycles. The standard InChI is InChI=1S/C24H40N4O2/c1-4-11-28-12-10-20(17-28)15-26-24(25-5-2)27-16-21-9-8-19(3)14-23(21)30-18-22-7-6-13-29-22/h8-9,14,20,22H,4-7,10-13,15-18H2,1-3H3,(H2,25,26,27). The average molecular weight is 417 g/mol. The predicted octanol–water partition coefficient (Wildman–Crippen LogP) is 3.34. The second-order valence-corrected chi connectivity index (χ2v) is 8.59. The van der Waals surface area contributed by atoms with Crippen LogP contribution in [0.2, 0.25) is 0 Å². The number of rotatable bonds is 10. The van der Waals surface area contributed by atoms with Crippen LogP contribution in [0.3, 0.4) is 0 Å². The van der Waals surface area contributed by atoms with Gasteiger partial charge >= 0.3 is 0 Å². The summed E-state index contributed by atoms with van der Waals surface area (Å²) in [5, 5.41) is 6.94. The lowest BCUT2D eigenvalue weighted by Gasteiger charge is -2.17. The van der Waals surface area contributed by atoms with Gasteiger partial charge in [-0.3, -0.25) is 0 Å². The average Bonchev–Trinajstić information content (AvgIpc) is 3.42. The van der Waals surface area contributed by atoms with Gasteiger partial charge < -0.3 is 25.0 Å². The SMILES string of the molecule is CCCN1CCC(CNC(=NCc2ccc(C)cc2OCC2CCCO2)NCC)C1. The fraction of sp³-hybridized carbons (Fsp3) is 0.708. The van der Waals surface area contributed by atoms with Gasteiger partial charge in [0.05, 0.1) is 12.6 Å². The molecule has 1 aromatic carbocycles. The lowest BCUT2D eigenvalue weighted by molar-refractivity contribution is 0.0676. The fourth-order valence-electron chi connectivity index (χ4n) is 4.23. The van der Waals surface area contributed by atoms with Crippen molar-refractivity contribution in [2.24, 2.45) is 10.9 Å². The Balaban J connectivity index is 1.55. The zero-order valence-corrected chi connectivity index (χ0v) is 19.1. The molecule has 1 aromatic rings. The summed E-state index contributed by atoms with van der Waals surface area (Å²) >= 11 is 0. The summed E-state index contributed by atoms with van der Waals surface area (Å²) in [4.78, 5) is 7.41. The Kier molecular flexibility index (Phi) is 9.27. The molecule has 6 heteroatoms. The van der Waals surface area contributed by atoms with E-state index in [2.05, 4.69) is 54.5 Å². The summed E-state index contributed by atoms with van der Waals surface area (Å²) in [6.45, 7) is 14.0. The third kappa shape index (κ3) is 7.17. The summed E-state index contributed by atoms with van der Waals surface area (Å²) in [6.07, 6.45) is 4.95. The van der Waals surface area contributed by atoms with Crippen LogP contribution in [0.4, 0.5) is 0 Å². The Morgan fingerprint density at radius 2 is 2.17 bits per heavy atom. The van der Waals surface area contributed by atoms with Crippen molar-refractivity contribution >= 4 is 5.96 Å². The number of nitrogens with one attached hydrogen (secondary N) is 2. The van der Waals surface area contributed by atoms with E-state index in [-0.39, 0.29) is 6.10 Å². The second kappa shape index (κ2) is 12.2. The molecular weight excluding hydrogens is 376 g/mol. The summed E-state index contributed by atoms with van der Waals surface area (Å²) < 4.78 is 11.8. The van der Waals surface area contributed by atoms with Gasteiger partial charge in [-0.2, -0.15) is 0 Å². The molecule has 0 amide bonds. The molecule has 6 nitrogen and oxygen atoms in total. The lowest BCUT2D eigenvalue weighted by Crippen LogP contribution is -2.40. The van der Waals surface area contributed by atoms with E-state index < -0.39 is 0 Å². The van der Waals surface area contributed by atoms with E-state index in [0.29, 0.717) is 19.1 Å². The molecule has 2 heterocycles. The van der Waals surface area contributed by atoms with Crippen LogP contribution >= 0.6 is 0 Å². The highest BCUT2D eigenvalue weighted by molar-refractivity contribution is 5.79. The predicted molar refractivity (Wildman–Crippen MR) is 123 cm³/mol. The maximum atomic E-state index is 6.13. The van der Waals surface area contributed by atoms with E-state index in [1.807, 2.05) is 0 Å². The van der Waals surface area contributed by atoms with Gasteiger partial charge in [-0.05, 0) is 70.2 Å². The molecule has 0 radical (unpaired) electrons. The minimum Gasteiger partial charge on any atom is -0.491 e. The highest BCUT2D eigenvalue weighted by Gasteiger charge is 2.21. The van der Waals surface area contributed by atoms with Crippen LogP contribution in [0.1, 0.15) is 50.7 Å². The summed E-state index contributed by atoms with van der Waals surface area (Å²) in [5.74, 6) is 2.51. The van der Waals surface area contributed by atoms with Crippen LogP contribution in [-0.2, 0) is 11.3 Å². The maximum absolute atomic E-state index is 6.13. The van der Waals surface area contributed by atoms with Crippen molar-refractivity contribution < 1.29 is 9.47 Å². The largest absolute Gasteiger partial charge is 0.491 e. The number of hydrogen-bond donors (Lipinski definition) is 2. The van der Waals surface area contributed by atoms with Gasteiger partial charge in [0.2, 0.25) is 0 Å². The van der Waals surface area contributed by atoms with E-state index >= 15 is 0 Å². The van der Waals surface area contributed by atoms with E-state index in [4.69, 9.17) is 14.5 Å². The van der Waals surface area contributed by atoms with E-state index in [9.17, 15) is 0 Å². The number of aryl methyl sites for hydroxylation is 1. The van der Waals surface area contributed by atoms with Crippen LogP contribution < -0.4 is 15.4 Å². The van der Waals surface area contributed by atoms with Gasteiger partial charge in [0.25, 0.3) is 0 Å². The molecule has 0 bridgehead atoms. The topological polar surface area (TPSA) is 58.1 Å². The monoisotopic (exact) mass is 416 g/mol. The third-order valence-electron chi connectivity index (χ3n) is 5.89. The van der Waals surface area contributed by atoms with Crippen LogP contribution in [0.25, 0.3) is 0 Å². The van der Waals surface area contributed by atoms with Crippen LogP contribution in [-0.4, -0.2) is 62.9 Å². The molecule has 30 heavy (non-hydrogen) atoms. The first-order valence-corrected chi connectivity index (χ1v) is 11.8. The summed E-state index contributed by atoms with van der Waals surface area (Å²) in [7, 11) is 0. The Hall–Kier alpha value is -1.79. The van der Waals surface area contributed by atoms with Crippen molar-refractivity contribution in [3.05, 3.63) is 29.3 Å². The van der Waals surface area contributed by atoms with Crippen molar-refractivity contribution in [1.82, 2.24) is 15.5 Å². The molecule has 0 aromatic heterocycles. The minimum atomic E-state index is 0.222. The van der Waals surface area contributed by atoms with Crippen LogP contribution in [0, 0.1) is 12.8 Å². The third-order valence-corrected chi connectivity index (χ3v) is 5.89. The number of aliphatic imine (C=N–C) groups is 1. The molecule has 2 N–H and O–H groups in total. The first kappa shape index (κ1) is 22.9. The Morgan fingerprint density at radius 1 is 1.27 bits per heavy atom. The number of nitrogens with zero attached hydrogens (tertiary/aromatic N) is 2. The molecule has 2 aliphatic heterocycles. The van der Waals surface area contributed by atoms with Crippen molar-refractivity contribution in [3.8, 4) is 5.75 Å². The van der Waals surface area contributed by atoms with Gasteiger partial charge in [0, 0.05) is 31.8 Å². The molecule has 0 saturated carbocycles. The van der Waals surface area contributed by atoms with Gasteiger partial charge in [-0.15, -0.1) is 0 Å². The summed E-state index contributed by atoms with van der Waals surface area (Å²) in [6, 6.07) is 6.37. The zero-order chi connectivity index (χ0) is 21.2. The quantitative estimate of drug-likeness (QED) is 0.453. The zero-order valence-electron chi connectivity index (χ0n) is 19.1. The summed E-state index contributed by atoms with van der Waals surface area (Å²) in [5.41, 5.74) is 2.32. The second-order valence-electron chi connectivity index (χ2n) is 8.59. The smallest absolute Gasteiger partial charge is 0.191 e. The highest BCUT2D eigenvalue weighted by Crippen LogP contribution is 2.23. The number of guanidine groups is 1. The molecular formula is C24H40N4O2. The van der Waals surface area contributed by atoms with E-state index in [1.54, 1.807) is 0 Å². The molecule has 3 rings (SSSR count). The van der Waals surface area contributed by atoms with Gasteiger partial charge in [-0.1, -0.05) is 19.1 Å². The van der Waals surface area contributed by atoms with Crippen LogP contribution in [0.5, 0.6) is 5.75 Å². The first-order chi connectivity index (χ1) is 14.7. The van der Waals surface area contributed by atoms with Crippen molar-refractivity contribution in [2.75, 3.05) is 45.9 Å². The Bertz CT molecular complexity index is 673.